The second-order valence-corrected chi connectivity index (χ2v) is 7.05. The lowest BCUT2D eigenvalue weighted by atomic mass is 10.1. The summed E-state index contributed by atoms with van der Waals surface area (Å²) in [5.74, 6) is -0.211. The van der Waals surface area contributed by atoms with Gasteiger partial charge in [-0.1, -0.05) is 12.1 Å². The van der Waals surface area contributed by atoms with Crippen molar-refractivity contribution in [3.8, 4) is 0 Å². The molecule has 10 heteroatoms. The predicted molar refractivity (Wildman–Crippen MR) is 102 cm³/mol. The molecule has 1 saturated heterocycles. The maximum atomic E-state index is 12.5. The van der Waals surface area contributed by atoms with E-state index in [0.717, 1.165) is 0 Å². The fraction of sp³-hybridized carbons (Fsp3) is 0.526. The van der Waals surface area contributed by atoms with Crippen LogP contribution in [0.5, 0.6) is 0 Å². The van der Waals surface area contributed by atoms with E-state index < -0.39 is 12.7 Å². The number of amides is 2. The zero-order valence-electron chi connectivity index (χ0n) is 16.1. The number of guanidine groups is 1. The largest absolute Gasteiger partial charge is 0.401 e. The fourth-order valence-electron chi connectivity index (χ4n) is 3.57. The molecule has 2 aliphatic heterocycles. The van der Waals surface area contributed by atoms with E-state index in [4.69, 9.17) is 0 Å². The Bertz CT molecular complexity index is 761. The minimum atomic E-state index is -4.21. The van der Waals surface area contributed by atoms with Gasteiger partial charge in [0.25, 0.3) is 11.8 Å². The summed E-state index contributed by atoms with van der Waals surface area (Å²) in [5, 5.41) is 6.19. The minimum absolute atomic E-state index is 0.133. The van der Waals surface area contributed by atoms with E-state index in [1.165, 1.54) is 9.80 Å². The van der Waals surface area contributed by atoms with Crippen LogP contribution in [0.1, 0.15) is 34.1 Å². The molecule has 3 rings (SSSR count). The number of halogens is 3. The van der Waals surface area contributed by atoms with Crippen molar-refractivity contribution in [2.45, 2.75) is 25.6 Å². The molecule has 29 heavy (non-hydrogen) atoms. The van der Waals surface area contributed by atoms with Gasteiger partial charge in [-0.3, -0.25) is 24.4 Å². The van der Waals surface area contributed by atoms with Crippen LogP contribution in [-0.2, 0) is 0 Å². The molecule has 0 radical (unpaired) electrons. The Labute approximate surface area is 166 Å². The van der Waals surface area contributed by atoms with Crippen LogP contribution in [0.4, 0.5) is 13.2 Å². The van der Waals surface area contributed by atoms with E-state index in [2.05, 4.69) is 15.6 Å². The van der Waals surface area contributed by atoms with Gasteiger partial charge in [0.15, 0.2) is 5.96 Å². The lowest BCUT2D eigenvalue weighted by Crippen LogP contribution is -2.45. The van der Waals surface area contributed by atoms with Gasteiger partial charge >= 0.3 is 6.18 Å². The van der Waals surface area contributed by atoms with Crippen LogP contribution in [0.2, 0.25) is 0 Å². The molecule has 0 aromatic heterocycles. The average Bonchev–Trinajstić information content (AvgIpc) is 3.18. The van der Waals surface area contributed by atoms with Gasteiger partial charge in [0.2, 0.25) is 0 Å². The molecule has 1 unspecified atom stereocenters. The number of alkyl halides is 3. The molecular weight excluding hydrogens is 387 g/mol. The third-order valence-electron chi connectivity index (χ3n) is 4.83. The van der Waals surface area contributed by atoms with Crippen LogP contribution < -0.4 is 10.6 Å². The number of hydrogen-bond donors (Lipinski definition) is 2. The average molecular weight is 411 g/mol. The summed E-state index contributed by atoms with van der Waals surface area (Å²) in [4.78, 5) is 31.6. The SMILES string of the molecule is CCNC(=NCCN1C(=O)c2ccccc2C1=O)NC1CCN(CC(F)(F)F)C1. The van der Waals surface area contributed by atoms with E-state index in [1.54, 1.807) is 24.3 Å². The number of carbonyl (C=O) groups is 2. The van der Waals surface area contributed by atoms with Gasteiger partial charge in [-0.2, -0.15) is 13.2 Å². The summed E-state index contributed by atoms with van der Waals surface area (Å²) in [7, 11) is 0. The minimum Gasteiger partial charge on any atom is -0.357 e. The van der Waals surface area contributed by atoms with Gasteiger partial charge in [0.05, 0.1) is 24.2 Å². The first kappa shape index (κ1) is 21.1. The highest BCUT2D eigenvalue weighted by Crippen LogP contribution is 2.22. The summed E-state index contributed by atoms with van der Waals surface area (Å²) in [6, 6.07) is 6.52. The van der Waals surface area contributed by atoms with Gasteiger partial charge < -0.3 is 10.6 Å². The number of benzene rings is 1. The molecule has 1 fully saturated rings. The summed E-state index contributed by atoms with van der Waals surface area (Å²) < 4.78 is 37.6. The van der Waals surface area contributed by atoms with Crippen molar-refractivity contribution in [2.24, 2.45) is 4.99 Å². The summed E-state index contributed by atoms with van der Waals surface area (Å²) >= 11 is 0. The van der Waals surface area contributed by atoms with Crippen LogP contribution in [0.25, 0.3) is 0 Å². The van der Waals surface area contributed by atoms with Gasteiger partial charge in [0, 0.05) is 32.2 Å². The van der Waals surface area contributed by atoms with Crippen molar-refractivity contribution >= 4 is 17.8 Å². The Hall–Kier alpha value is -2.62. The fourth-order valence-corrected chi connectivity index (χ4v) is 3.57. The topological polar surface area (TPSA) is 77.0 Å². The van der Waals surface area contributed by atoms with E-state index in [1.807, 2.05) is 6.92 Å². The molecule has 0 saturated carbocycles. The molecule has 1 aromatic carbocycles. The lowest BCUT2D eigenvalue weighted by molar-refractivity contribution is -0.143. The molecule has 2 amide bonds. The first-order valence-corrected chi connectivity index (χ1v) is 9.57. The Kier molecular flexibility index (Phi) is 6.41. The van der Waals surface area contributed by atoms with Crippen molar-refractivity contribution < 1.29 is 22.8 Å². The highest BCUT2D eigenvalue weighted by atomic mass is 19.4. The molecule has 2 N–H and O–H groups in total. The highest BCUT2D eigenvalue weighted by molar-refractivity contribution is 6.21. The third-order valence-corrected chi connectivity index (χ3v) is 4.83. The van der Waals surface area contributed by atoms with Crippen LogP contribution in [0.3, 0.4) is 0 Å². The molecule has 1 atom stereocenters. The Morgan fingerprint density at radius 2 is 1.86 bits per heavy atom. The molecule has 7 nitrogen and oxygen atoms in total. The number of fused-ring (bicyclic) bond motifs is 1. The van der Waals surface area contributed by atoms with Crippen molar-refractivity contribution in [3.05, 3.63) is 35.4 Å². The van der Waals surface area contributed by atoms with Gasteiger partial charge in [-0.15, -0.1) is 0 Å². The predicted octanol–water partition coefficient (Wildman–Crippen LogP) is 1.47. The first-order chi connectivity index (χ1) is 13.8. The highest BCUT2D eigenvalue weighted by Gasteiger charge is 2.35. The lowest BCUT2D eigenvalue weighted by Gasteiger charge is -2.20. The number of nitrogens with one attached hydrogen (secondary N) is 2. The van der Waals surface area contributed by atoms with Crippen molar-refractivity contribution in [1.29, 1.82) is 0 Å². The van der Waals surface area contributed by atoms with E-state index in [0.29, 0.717) is 36.6 Å². The first-order valence-electron chi connectivity index (χ1n) is 9.57. The Morgan fingerprint density at radius 1 is 1.21 bits per heavy atom. The summed E-state index contributed by atoms with van der Waals surface area (Å²) in [6.07, 6.45) is -3.63. The zero-order chi connectivity index (χ0) is 21.0. The number of nitrogens with zero attached hydrogens (tertiary/aromatic N) is 3. The molecule has 1 aromatic rings. The van der Waals surface area contributed by atoms with E-state index in [-0.39, 0.29) is 37.5 Å². The third kappa shape index (κ3) is 5.26. The molecule has 2 heterocycles. The summed E-state index contributed by atoms with van der Waals surface area (Å²) in [6.45, 7) is 2.52. The van der Waals surface area contributed by atoms with Crippen molar-refractivity contribution in [1.82, 2.24) is 20.4 Å². The van der Waals surface area contributed by atoms with Crippen LogP contribution in [-0.4, -0.2) is 79.1 Å². The van der Waals surface area contributed by atoms with Gasteiger partial charge in [0.1, 0.15) is 0 Å². The van der Waals surface area contributed by atoms with Gasteiger partial charge in [-0.25, -0.2) is 0 Å². The number of hydrogen-bond acceptors (Lipinski definition) is 4. The maximum Gasteiger partial charge on any atom is 0.401 e. The summed E-state index contributed by atoms with van der Waals surface area (Å²) in [5.41, 5.74) is 0.782. The maximum absolute atomic E-state index is 12.5. The number of likely N-dealkylation sites (tertiary alicyclic amines) is 1. The van der Waals surface area contributed by atoms with E-state index in [9.17, 15) is 22.8 Å². The second kappa shape index (κ2) is 8.81. The van der Waals surface area contributed by atoms with Crippen molar-refractivity contribution in [3.63, 3.8) is 0 Å². The standard InChI is InChI=1S/C19H24F3N5O2/c1-2-23-18(25-13-7-9-26(11-13)12-19(20,21)22)24-8-10-27-16(28)14-5-3-4-6-15(14)17(27)29/h3-6,13H,2,7-12H2,1H3,(H2,23,24,25). The Balaban J connectivity index is 1.54. The van der Waals surface area contributed by atoms with Gasteiger partial charge in [-0.05, 0) is 25.5 Å². The van der Waals surface area contributed by atoms with Crippen molar-refractivity contribution in [2.75, 3.05) is 39.3 Å². The van der Waals surface area contributed by atoms with Crippen LogP contribution in [0, 0.1) is 0 Å². The van der Waals surface area contributed by atoms with Crippen LogP contribution in [0.15, 0.2) is 29.3 Å². The van der Waals surface area contributed by atoms with E-state index >= 15 is 0 Å². The number of aliphatic imine (C=N–C) groups is 1. The zero-order valence-corrected chi connectivity index (χ0v) is 16.1. The monoisotopic (exact) mass is 411 g/mol. The number of imide groups is 1. The molecule has 0 spiro atoms. The number of rotatable bonds is 6. The molecule has 0 bridgehead atoms. The molecular formula is C19H24F3N5O2. The molecule has 158 valence electrons. The smallest absolute Gasteiger partial charge is 0.357 e. The Morgan fingerprint density at radius 3 is 2.45 bits per heavy atom. The number of carbonyl (C=O) groups excluding carboxylic acids is 2. The quantitative estimate of drug-likeness (QED) is 0.421. The molecule has 0 aliphatic carbocycles. The van der Waals surface area contributed by atoms with Crippen LogP contribution >= 0.6 is 0 Å². The second-order valence-electron chi connectivity index (χ2n) is 7.05. The molecule has 2 aliphatic rings. The normalized spacial score (nSPS) is 20.3.